The summed E-state index contributed by atoms with van der Waals surface area (Å²) in [5.74, 6) is 0. The Labute approximate surface area is 524 Å². The topological polar surface area (TPSA) is 127 Å². The summed E-state index contributed by atoms with van der Waals surface area (Å²) in [6.45, 7) is 3.21. The van der Waals surface area contributed by atoms with Gasteiger partial charge in [0, 0.05) is 60.9 Å². The molecule has 492 valence electrons. The van der Waals surface area contributed by atoms with E-state index in [1.54, 1.807) is 9.80 Å². The summed E-state index contributed by atoms with van der Waals surface area (Å²) in [6.07, 6.45) is -18.5. The number of carbonyl (C=O) groups is 4. The van der Waals surface area contributed by atoms with Crippen molar-refractivity contribution in [2.45, 2.75) is 152 Å². The predicted octanol–water partition coefficient (Wildman–Crippen LogP) is 17.5. The maximum absolute atomic E-state index is 13.6. The van der Waals surface area contributed by atoms with E-state index in [2.05, 4.69) is 21.7 Å². The van der Waals surface area contributed by atoms with Gasteiger partial charge in [0.1, 0.15) is 13.2 Å². The molecule has 0 spiro atoms. The molecule has 0 aromatic heterocycles. The first-order valence-corrected chi connectivity index (χ1v) is 29.3. The zero-order valence-corrected chi connectivity index (χ0v) is 50.7. The van der Waals surface area contributed by atoms with Crippen LogP contribution >= 0.6 is 11.6 Å². The first kappa shape index (κ1) is 72.1. The van der Waals surface area contributed by atoms with Crippen molar-refractivity contribution in [3.05, 3.63) is 213 Å². The molecule has 12 nitrogen and oxygen atoms in total. The van der Waals surface area contributed by atoms with Gasteiger partial charge in [-0.2, -0.15) is 52.7 Å². The second kappa shape index (κ2) is 32.8. The summed E-state index contributed by atoms with van der Waals surface area (Å²) in [5, 5.41) is 3.18. The van der Waals surface area contributed by atoms with E-state index in [0.717, 1.165) is 46.4 Å². The number of piperidine rings is 2. The largest absolute Gasteiger partial charge is 0.457 e. The Balaban J connectivity index is 0.000000270. The Morgan fingerprint density at radius 3 is 1.15 bits per heavy atom. The number of hydrogen-bond acceptors (Lipinski definition) is 9. The van der Waals surface area contributed by atoms with Crippen LogP contribution in [0.15, 0.2) is 158 Å². The average Bonchev–Trinajstić information content (AvgIpc) is 0.950. The molecular weight excluding hydrogens is 1240 g/mol. The summed E-state index contributed by atoms with van der Waals surface area (Å²) in [6, 6.07) is 37.9. The Morgan fingerprint density at radius 1 is 0.473 bits per heavy atom. The summed E-state index contributed by atoms with van der Waals surface area (Å²) < 4.78 is 182. The molecule has 6 atom stereocenters. The van der Waals surface area contributed by atoms with Crippen LogP contribution in [0.2, 0.25) is 0 Å². The molecule has 0 radical (unpaired) electrons. The molecule has 0 bridgehead atoms. The maximum Gasteiger partial charge on any atom is 0.416 e. The molecule has 2 aliphatic heterocycles. The van der Waals surface area contributed by atoms with Crippen LogP contribution in [0.25, 0.3) is 0 Å². The number of likely N-dealkylation sites (tertiary alicyclic amines) is 2. The molecule has 2 heterocycles. The van der Waals surface area contributed by atoms with E-state index in [1.165, 1.54) is 7.11 Å². The van der Waals surface area contributed by atoms with Crippen molar-refractivity contribution < 1.29 is 90.8 Å². The van der Waals surface area contributed by atoms with Gasteiger partial charge >= 0.3 is 48.4 Å². The Morgan fingerprint density at radius 2 is 0.802 bits per heavy atom. The quantitative estimate of drug-likeness (QED) is 0.0572. The fourth-order valence-electron chi connectivity index (χ4n) is 11.1. The number of halogens is 13. The number of amides is 3. The fraction of sp³-hybridized carbons (Fsp3) is 0.394. The highest BCUT2D eigenvalue weighted by molar-refractivity contribution is 6.61. The Kier molecular flexibility index (Phi) is 26.0. The maximum atomic E-state index is 13.6. The summed E-state index contributed by atoms with van der Waals surface area (Å²) >= 11 is 4.60. The summed E-state index contributed by atoms with van der Waals surface area (Å²) in [7, 11) is 2.31. The zero-order chi connectivity index (χ0) is 66.7. The van der Waals surface area contributed by atoms with E-state index in [0.29, 0.717) is 50.7 Å². The van der Waals surface area contributed by atoms with Crippen LogP contribution in [0.3, 0.4) is 0 Å². The lowest BCUT2D eigenvalue weighted by Gasteiger charge is -2.47. The number of methoxy groups -OCH3 is 2. The number of ether oxygens (including phenoxy) is 4. The number of alkyl halides is 12. The van der Waals surface area contributed by atoms with Crippen molar-refractivity contribution in [3.63, 3.8) is 0 Å². The normalized spacial score (nSPS) is 18.5. The third kappa shape index (κ3) is 21.8. The van der Waals surface area contributed by atoms with Crippen molar-refractivity contribution >= 4 is 35.3 Å². The lowest BCUT2D eigenvalue weighted by molar-refractivity contribution is -0.144. The molecular formula is C66H69ClF12N4O8. The SMILES string of the molecule is CC[C@@H]1C[C@H](N(Cc2cc(C(F)(F)F)cc(C(F)(F)F)c2)C(=O)OC)C[C@H](Cc2ccccc2)N1C(=O)OCc1ccccc1.CC[C@@H]1C[C@H](NCc2cc(C(F)(F)F)cc(C(F)(F)F)c2)C[C@H](Cc2ccccc2)N1C(=O)OCc1ccccc1.COC(=O)Cl. The van der Waals surface area contributed by atoms with Gasteiger partial charge in [0.15, 0.2) is 0 Å². The number of benzene rings is 6. The van der Waals surface area contributed by atoms with Crippen molar-refractivity contribution in [2.24, 2.45) is 0 Å². The van der Waals surface area contributed by atoms with Crippen molar-refractivity contribution in [2.75, 3.05) is 14.2 Å². The van der Waals surface area contributed by atoms with Crippen molar-refractivity contribution in [3.8, 4) is 0 Å². The molecule has 2 saturated heterocycles. The van der Waals surface area contributed by atoms with Crippen LogP contribution < -0.4 is 5.32 Å². The third-order valence-electron chi connectivity index (χ3n) is 15.4. The van der Waals surface area contributed by atoms with E-state index >= 15 is 0 Å². The standard InChI is InChI=1S/C33H34F6N2O4.C31H32F6N2O2.C2H3ClO2/c1-3-27-18-28(40(30(42)44-2)20-24-14-25(32(34,35)36)17-26(15-24)33(37,38)39)19-29(16-22-10-6-4-7-11-22)41(27)31(43)45-21-23-12-8-5-9-13-23;1-2-27-17-26(38-19-23-13-24(30(32,33)34)16-25(14-23)31(35,36)37)18-28(15-21-9-5-3-6-10-21)39(27)29(40)41-20-22-11-7-4-8-12-22;1-5-2(3)4/h4-15,17,27-29H,3,16,18-21H2,1-2H3;3-14,16,26-28,38H,2,15,17-20H2,1H3;1H3/t27-,28+,29+;26-,27+,28-;/m10./s1. The Bertz CT molecular complexity index is 3210. The van der Waals surface area contributed by atoms with Crippen LogP contribution in [-0.2, 0) is 82.8 Å². The Hall–Kier alpha value is -7.99. The molecule has 2 aliphatic rings. The minimum atomic E-state index is -5.04. The highest BCUT2D eigenvalue weighted by Crippen LogP contribution is 2.40. The van der Waals surface area contributed by atoms with Gasteiger partial charge in [-0.3, -0.25) is 0 Å². The van der Waals surface area contributed by atoms with Gasteiger partial charge in [-0.15, -0.1) is 0 Å². The number of hydrogen-bond donors (Lipinski definition) is 1. The van der Waals surface area contributed by atoms with Gasteiger partial charge in [0.2, 0.25) is 0 Å². The zero-order valence-electron chi connectivity index (χ0n) is 50.0. The second-order valence-corrected chi connectivity index (χ2v) is 22.1. The third-order valence-corrected chi connectivity index (χ3v) is 15.6. The predicted molar refractivity (Wildman–Crippen MR) is 315 cm³/mol. The molecule has 8 rings (SSSR count). The van der Waals surface area contributed by atoms with Crippen LogP contribution in [0.4, 0.5) is 71.9 Å². The lowest BCUT2D eigenvalue weighted by atomic mass is 9.86. The van der Waals surface area contributed by atoms with Gasteiger partial charge in [0.05, 0.1) is 36.5 Å². The smallest absolute Gasteiger partial charge is 0.416 e. The fourth-order valence-corrected chi connectivity index (χ4v) is 11.1. The second-order valence-electron chi connectivity index (χ2n) is 21.7. The van der Waals surface area contributed by atoms with Crippen LogP contribution in [0.5, 0.6) is 0 Å². The first-order chi connectivity index (χ1) is 43.0. The molecule has 91 heavy (non-hydrogen) atoms. The molecule has 0 saturated carbocycles. The average molecular weight is 1310 g/mol. The van der Waals surface area contributed by atoms with Gasteiger partial charge in [-0.1, -0.05) is 135 Å². The van der Waals surface area contributed by atoms with Crippen molar-refractivity contribution in [1.82, 2.24) is 20.0 Å². The molecule has 6 aromatic carbocycles. The van der Waals surface area contributed by atoms with Crippen LogP contribution in [0, 0.1) is 0 Å². The number of rotatable bonds is 16. The number of carbonyl (C=O) groups excluding carboxylic acids is 4. The van der Waals surface area contributed by atoms with Gasteiger partial charge < -0.3 is 39.0 Å². The molecule has 0 aliphatic carbocycles. The summed E-state index contributed by atoms with van der Waals surface area (Å²) in [4.78, 5) is 53.9. The molecule has 0 unspecified atom stereocenters. The van der Waals surface area contributed by atoms with Crippen LogP contribution in [-0.4, -0.2) is 88.9 Å². The monoisotopic (exact) mass is 1310 g/mol. The molecule has 3 amide bonds. The highest BCUT2D eigenvalue weighted by atomic mass is 35.5. The van der Waals surface area contributed by atoms with E-state index < -0.39 is 95.3 Å². The minimum Gasteiger partial charge on any atom is -0.457 e. The summed E-state index contributed by atoms with van der Waals surface area (Å²) in [5.41, 5.74) is -3.30. The molecule has 2 fully saturated rings. The molecule has 1 N–H and O–H groups in total. The minimum absolute atomic E-state index is 0.0411. The van der Waals surface area contributed by atoms with E-state index in [1.807, 2.05) is 135 Å². The van der Waals surface area contributed by atoms with E-state index in [-0.39, 0.29) is 74.0 Å². The van der Waals surface area contributed by atoms with E-state index in [4.69, 9.17) is 14.2 Å². The van der Waals surface area contributed by atoms with Crippen molar-refractivity contribution in [1.29, 1.82) is 0 Å². The van der Waals surface area contributed by atoms with Gasteiger partial charge in [0.25, 0.3) is 0 Å². The lowest BCUT2D eigenvalue weighted by Crippen LogP contribution is -2.58. The first-order valence-electron chi connectivity index (χ1n) is 28.9. The van der Waals surface area contributed by atoms with Gasteiger partial charge in [-0.05, 0) is 121 Å². The van der Waals surface area contributed by atoms with Crippen LogP contribution in [0.1, 0.15) is 108 Å². The highest BCUT2D eigenvalue weighted by Gasteiger charge is 2.44. The number of nitrogens with zero attached hydrogens (tertiary/aromatic N) is 3. The molecule has 6 aromatic rings. The number of nitrogens with one attached hydrogen (secondary N) is 1. The van der Waals surface area contributed by atoms with E-state index in [9.17, 15) is 71.9 Å². The van der Waals surface area contributed by atoms with Gasteiger partial charge in [-0.25, -0.2) is 19.2 Å². The molecule has 25 heteroatoms.